The number of hydrogen-bond acceptors (Lipinski definition) is 4. The maximum Gasteiger partial charge on any atom is 0.251 e. The summed E-state index contributed by atoms with van der Waals surface area (Å²) < 4.78 is 5.45. The van der Waals surface area contributed by atoms with Crippen LogP contribution in [0.25, 0.3) is 0 Å². The molecule has 0 bridgehead atoms. The van der Waals surface area contributed by atoms with Gasteiger partial charge in [0.1, 0.15) is 5.75 Å². The van der Waals surface area contributed by atoms with Gasteiger partial charge in [0.25, 0.3) is 5.91 Å². The summed E-state index contributed by atoms with van der Waals surface area (Å²) in [6.07, 6.45) is 6.42. The predicted octanol–water partition coefficient (Wildman–Crippen LogP) is 3.41. The normalized spacial score (nSPS) is 19.1. The number of nitrogens with zero attached hydrogens (tertiary/aromatic N) is 1. The number of carbonyl (C=O) groups is 2. The second-order valence-electron chi connectivity index (χ2n) is 6.71. The van der Waals surface area contributed by atoms with E-state index in [-0.39, 0.29) is 23.8 Å². The lowest BCUT2D eigenvalue weighted by atomic mass is 9.85. The Balaban J connectivity index is 1.48. The molecule has 1 saturated carbocycles. The maximum atomic E-state index is 12.5. The smallest absolute Gasteiger partial charge is 0.251 e. The number of carbonyl (C=O) groups excluding carboxylic acids is 2. The van der Waals surface area contributed by atoms with Gasteiger partial charge in [-0.2, -0.15) is 0 Å². The van der Waals surface area contributed by atoms with Gasteiger partial charge in [0, 0.05) is 23.7 Å². The average Bonchev–Trinajstić information content (AvgIpc) is 2.70. The molecule has 3 rings (SSSR count). The number of rotatable bonds is 6. The molecule has 1 aliphatic carbocycles. The van der Waals surface area contributed by atoms with Gasteiger partial charge in [-0.05, 0) is 62.9 Å². The molecule has 142 valence electrons. The Hall–Kier alpha value is -2.89. The summed E-state index contributed by atoms with van der Waals surface area (Å²) in [4.78, 5) is 28.9. The van der Waals surface area contributed by atoms with Crippen LogP contribution in [0.4, 0.5) is 5.69 Å². The van der Waals surface area contributed by atoms with Crippen molar-refractivity contribution in [3.63, 3.8) is 0 Å². The van der Waals surface area contributed by atoms with Gasteiger partial charge in [-0.15, -0.1) is 0 Å². The molecule has 0 unspecified atom stereocenters. The number of ether oxygens (including phenoxy) is 1. The van der Waals surface area contributed by atoms with Crippen LogP contribution in [0.2, 0.25) is 0 Å². The lowest BCUT2D eigenvalue weighted by Gasteiger charge is -2.28. The van der Waals surface area contributed by atoms with Crippen LogP contribution in [0, 0.1) is 5.92 Å². The highest BCUT2D eigenvalue weighted by Crippen LogP contribution is 2.26. The van der Waals surface area contributed by atoms with Gasteiger partial charge in [0.15, 0.2) is 0 Å². The number of amides is 2. The molecule has 0 spiro atoms. The Morgan fingerprint density at radius 3 is 2.67 bits per heavy atom. The number of anilines is 1. The van der Waals surface area contributed by atoms with Crippen LogP contribution in [0.1, 0.15) is 43.0 Å². The largest absolute Gasteiger partial charge is 0.494 e. The van der Waals surface area contributed by atoms with Gasteiger partial charge < -0.3 is 15.4 Å². The van der Waals surface area contributed by atoms with Crippen molar-refractivity contribution in [2.75, 3.05) is 11.9 Å². The van der Waals surface area contributed by atoms with E-state index in [0.29, 0.717) is 23.6 Å². The molecule has 2 aromatic rings. The van der Waals surface area contributed by atoms with Crippen molar-refractivity contribution in [1.82, 2.24) is 10.3 Å². The van der Waals surface area contributed by atoms with Crippen molar-refractivity contribution in [1.29, 1.82) is 0 Å². The first-order valence-electron chi connectivity index (χ1n) is 9.40. The van der Waals surface area contributed by atoms with Crippen molar-refractivity contribution >= 4 is 17.5 Å². The number of benzene rings is 1. The standard InChI is InChI=1S/C21H25N3O3/c1-2-27-19-7-3-5-16(13-19)21(26)23-17-10-8-15(9-11-17)20(25)24-18-6-4-12-22-14-18/h3-7,12-15,17H,2,8-11H2,1H3,(H,23,26)(H,24,25). The SMILES string of the molecule is CCOc1cccc(C(=O)NC2CCC(C(=O)Nc3cccnc3)CC2)c1. The first-order valence-corrected chi connectivity index (χ1v) is 9.40. The number of pyridine rings is 1. The van der Waals surface area contributed by atoms with Gasteiger partial charge in [-0.25, -0.2) is 0 Å². The van der Waals surface area contributed by atoms with Gasteiger partial charge in [0.05, 0.1) is 18.5 Å². The fourth-order valence-electron chi connectivity index (χ4n) is 3.34. The molecule has 2 N–H and O–H groups in total. The van der Waals surface area contributed by atoms with E-state index in [0.717, 1.165) is 25.7 Å². The Morgan fingerprint density at radius 1 is 1.15 bits per heavy atom. The lowest BCUT2D eigenvalue weighted by molar-refractivity contribution is -0.120. The van der Waals surface area contributed by atoms with E-state index in [1.165, 1.54) is 0 Å². The van der Waals surface area contributed by atoms with Gasteiger partial charge >= 0.3 is 0 Å². The Labute approximate surface area is 159 Å². The second-order valence-corrected chi connectivity index (χ2v) is 6.71. The van der Waals surface area contributed by atoms with Crippen molar-refractivity contribution in [2.45, 2.75) is 38.6 Å². The predicted molar refractivity (Wildman–Crippen MR) is 104 cm³/mol. The topological polar surface area (TPSA) is 80.3 Å². The van der Waals surface area contributed by atoms with Crippen LogP contribution >= 0.6 is 0 Å². The highest BCUT2D eigenvalue weighted by molar-refractivity contribution is 5.95. The van der Waals surface area contributed by atoms with Gasteiger partial charge in [-0.3, -0.25) is 14.6 Å². The third kappa shape index (κ3) is 5.29. The molecule has 1 aliphatic rings. The number of aromatic nitrogens is 1. The number of hydrogen-bond donors (Lipinski definition) is 2. The Kier molecular flexibility index (Phi) is 6.41. The molecule has 0 saturated heterocycles. The molecule has 1 heterocycles. The molecular weight excluding hydrogens is 342 g/mol. The van der Waals surface area contributed by atoms with Crippen molar-refractivity contribution in [3.05, 3.63) is 54.4 Å². The fraction of sp³-hybridized carbons (Fsp3) is 0.381. The van der Waals surface area contributed by atoms with Crippen LogP contribution in [0.3, 0.4) is 0 Å². The van der Waals surface area contributed by atoms with Crippen LogP contribution < -0.4 is 15.4 Å². The summed E-state index contributed by atoms with van der Waals surface area (Å²) in [6.45, 7) is 2.48. The fourth-order valence-corrected chi connectivity index (χ4v) is 3.34. The van der Waals surface area contributed by atoms with E-state index in [4.69, 9.17) is 4.74 Å². The summed E-state index contributed by atoms with van der Waals surface area (Å²) in [6, 6.07) is 10.9. The maximum absolute atomic E-state index is 12.5. The Morgan fingerprint density at radius 2 is 1.96 bits per heavy atom. The Bertz CT molecular complexity index is 771. The average molecular weight is 367 g/mol. The quantitative estimate of drug-likeness (QED) is 0.820. The zero-order valence-corrected chi connectivity index (χ0v) is 15.5. The molecule has 2 amide bonds. The molecule has 0 aliphatic heterocycles. The monoisotopic (exact) mass is 367 g/mol. The van der Waals surface area contributed by atoms with E-state index in [1.54, 1.807) is 30.6 Å². The molecule has 6 heteroatoms. The van der Waals surface area contributed by atoms with Crippen LogP contribution in [0.5, 0.6) is 5.75 Å². The molecule has 27 heavy (non-hydrogen) atoms. The molecule has 0 atom stereocenters. The highest BCUT2D eigenvalue weighted by atomic mass is 16.5. The van der Waals surface area contributed by atoms with Crippen LogP contribution in [0.15, 0.2) is 48.8 Å². The van der Waals surface area contributed by atoms with E-state index in [2.05, 4.69) is 15.6 Å². The van der Waals surface area contributed by atoms with E-state index in [1.807, 2.05) is 25.1 Å². The van der Waals surface area contributed by atoms with E-state index in [9.17, 15) is 9.59 Å². The summed E-state index contributed by atoms with van der Waals surface area (Å²) in [7, 11) is 0. The van der Waals surface area contributed by atoms with Crippen molar-refractivity contribution in [3.8, 4) is 5.75 Å². The molecule has 0 radical (unpaired) electrons. The summed E-state index contributed by atoms with van der Waals surface area (Å²) in [5.74, 6) is 0.595. The minimum Gasteiger partial charge on any atom is -0.494 e. The summed E-state index contributed by atoms with van der Waals surface area (Å²) >= 11 is 0. The third-order valence-electron chi connectivity index (χ3n) is 4.77. The first kappa shape index (κ1) is 18.9. The van der Waals surface area contributed by atoms with Crippen LogP contribution in [-0.4, -0.2) is 29.4 Å². The van der Waals surface area contributed by atoms with Gasteiger partial charge in [-0.1, -0.05) is 6.07 Å². The molecule has 1 aromatic heterocycles. The zero-order valence-electron chi connectivity index (χ0n) is 15.5. The lowest BCUT2D eigenvalue weighted by Crippen LogP contribution is -2.39. The van der Waals surface area contributed by atoms with E-state index < -0.39 is 0 Å². The zero-order chi connectivity index (χ0) is 19.1. The third-order valence-corrected chi connectivity index (χ3v) is 4.77. The number of nitrogens with one attached hydrogen (secondary N) is 2. The summed E-state index contributed by atoms with van der Waals surface area (Å²) in [5.41, 5.74) is 1.31. The molecular formula is C21H25N3O3. The van der Waals surface area contributed by atoms with Crippen LogP contribution in [-0.2, 0) is 4.79 Å². The highest BCUT2D eigenvalue weighted by Gasteiger charge is 2.27. The minimum atomic E-state index is -0.0974. The first-order chi connectivity index (χ1) is 13.2. The van der Waals surface area contributed by atoms with Crippen molar-refractivity contribution in [2.24, 2.45) is 5.92 Å². The molecule has 1 aromatic carbocycles. The molecule has 1 fully saturated rings. The minimum absolute atomic E-state index is 0.0252. The van der Waals surface area contributed by atoms with Crippen molar-refractivity contribution < 1.29 is 14.3 Å². The summed E-state index contributed by atoms with van der Waals surface area (Å²) in [5, 5.41) is 5.99. The second kappa shape index (κ2) is 9.16. The van der Waals surface area contributed by atoms with Gasteiger partial charge in [0.2, 0.25) is 5.91 Å². The molecule has 6 nitrogen and oxygen atoms in total. The van der Waals surface area contributed by atoms with E-state index >= 15 is 0 Å².